The van der Waals surface area contributed by atoms with Crippen molar-refractivity contribution in [1.29, 1.82) is 0 Å². The van der Waals surface area contributed by atoms with Crippen molar-refractivity contribution in [2.75, 3.05) is 28.6 Å². The molecular weight excluding hydrogens is 586 g/mol. The Morgan fingerprint density at radius 1 is 0.929 bits per heavy atom. The highest BCUT2D eigenvalue weighted by Crippen LogP contribution is 2.45. The minimum atomic E-state index is -2.70. The molecule has 0 radical (unpaired) electrons. The molecule has 0 spiro atoms. The van der Waals surface area contributed by atoms with Crippen molar-refractivity contribution in [3.8, 4) is 0 Å². The fourth-order valence-electron chi connectivity index (χ4n) is 5.03. The number of rotatable bonds is 9. The van der Waals surface area contributed by atoms with E-state index in [9.17, 15) is 23.5 Å². The molecule has 218 valence electrons. The molecule has 1 aliphatic heterocycles. The molecular formula is C27H26F2N8O3S2. The Morgan fingerprint density at radius 3 is 2.21 bits per heavy atom. The van der Waals surface area contributed by atoms with E-state index in [4.69, 9.17) is 0 Å². The average Bonchev–Trinajstić information content (AvgIpc) is 3.73. The number of benzene rings is 1. The molecule has 0 bridgehead atoms. The summed E-state index contributed by atoms with van der Waals surface area (Å²) in [4.78, 5) is 30.9. The first-order valence-electron chi connectivity index (χ1n) is 13.3. The number of carbonyl (C=O) groups excluding carboxylic acids is 2. The second-order valence-electron chi connectivity index (χ2n) is 10.3. The van der Waals surface area contributed by atoms with Crippen LogP contribution in [0.25, 0.3) is 0 Å². The summed E-state index contributed by atoms with van der Waals surface area (Å²) < 4.78 is 26.4. The van der Waals surface area contributed by atoms with Crippen LogP contribution in [0.4, 0.5) is 24.9 Å². The maximum Gasteiger partial charge on any atom is 0.282 e. The number of aromatic nitrogens is 5. The lowest BCUT2D eigenvalue weighted by atomic mass is 10.1. The van der Waals surface area contributed by atoms with Crippen molar-refractivity contribution in [3.05, 3.63) is 69.8 Å². The Labute approximate surface area is 247 Å². The van der Waals surface area contributed by atoms with E-state index >= 15 is 0 Å². The maximum absolute atomic E-state index is 13.2. The zero-order valence-corrected chi connectivity index (χ0v) is 23.7. The highest BCUT2D eigenvalue weighted by molar-refractivity contribution is 7.15. The third kappa shape index (κ3) is 6.42. The molecule has 11 nitrogen and oxygen atoms in total. The second kappa shape index (κ2) is 11.7. The largest absolute Gasteiger partial charge is 0.378 e. The van der Waals surface area contributed by atoms with Crippen LogP contribution in [0.3, 0.4) is 0 Å². The summed E-state index contributed by atoms with van der Waals surface area (Å²) in [6.45, 7) is -0.748. The van der Waals surface area contributed by atoms with Crippen LogP contribution in [-0.2, 0) is 16.0 Å². The zero-order chi connectivity index (χ0) is 29.3. The van der Waals surface area contributed by atoms with Gasteiger partial charge >= 0.3 is 0 Å². The van der Waals surface area contributed by atoms with Gasteiger partial charge in [-0.25, -0.2) is 13.8 Å². The Balaban J connectivity index is 1.000. The van der Waals surface area contributed by atoms with Crippen molar-refractivity contribution < 1.29 is 23.5 Å². The van der Waals surface area contributed by atoms with Crippen molar-refractivity contribution in [2.24, 2.45) is 0 Å². The highest BCUT2D eigenvalue weighted by atomic mass is 32.1. The normalized spacial score (nSPS) is 20.1. The van der Waals surface area contributed by atoms with E-state index in [1.165, 1.54) is 27.6 Å². The fraction of sp³-hybridized carbons (Fsp3) is 0.370. The molecule has 1 saturated heterocycles. The van der Waals surface area contributed by atoms with E-state index in [1.807, 2.05) is 6.07 Å². The number of hydrogen-bond donors (Lipinski definition) is 3. The van der Waals surface area contributed by atoms with Crippen LogP contribution < -0.4 is 15.5 Å². The number of halogens is 2. The van der Waals surface area contributed by atoms with E-state index in [-0.39, 0.29) is 37.3 Å². The molecule has 42 heavy (non-hydrogen) atoms. The first-order chi connectivity index (χ1) is 20.2. The summed E-state index contributed by atoms with van der Waals surface area (Å²) >= 11 is 2.61. The third-order valence-corrected chi connectivity index (χ3v) is 9.16. The second-order valence-corrected chi connectivity index (χ2v) is 12.3. The van der Waals surface area contributed by atoms with Gasteiger partial charge in [0, 0.05) is 11.8 Å². The lowest BCUT2D eigenvalue weighted by Gasteiger charge is -2.39. The number of nitrogens with zero attached hydrogens (tertiary/aromatic N) is 6. The van der Waals surface area contributed by atoms with Crippen molar-refractivity contribution in [2.45, 2.75) is 49.5 Å². The van der Waals surface area contributed by atoms with Gasteiger partial charge in [0.25, 0.3) is 11.8 Å². The number of pyridine rings is 1. The summed E-state index contributed by atoms with van der Waals surface area (Å²) in [6, 6.07) is 13.7. The quantitative estimate of drug-likeness (QED) is 0.254. The SMILES string of the molecule is O=C(Cc1cccc(N2CC(F)(F)C2)n1)Nc1nnc([C@H]2CC[C@H](c3nnc(NC(=O)[C@H](O)c4ccccc4)s3)C2)s1. The molecule has 15 heteroatoms. The Kier molecular flexibility index (Phi) is 7.88. The minimum Gasteiger partial charge on any atom is -0.378 e. The Bertz CT molecular complexity index is 1580. The molecule has 2 aliphatic rings. The predicted octanol–water partition coefficient (Wildman–Crippen LogP) is 4.14. The molecule has 1 aromatic carbocycles. The number of carbonyl (C=O) groups is 2. The molecule has 4 aromatic rings. The minimum absolute atomic E-state index is 0.0171. The fourth-order valence-corrected chi connectivity index (χ4v) is 6.84. The molecule has 3 N–H and O–H groups in total. The summed E-state index contributed by atoms with van der Waals surface area (Å²) in [5.41, 5.74) is 0.972. The average molecular weight is 613 g/mol. The molecule has 2 fully saturated rings. The van der Waals surface area contributed by atoms with E-state index < -0.39 is 17.9 Å². The topological polar surface area (TPSA) is 146 Å². The van der Waals surface area contributed by atoms with Crippen LogP contribution in [0, 0.1) is 0 Å². The zero-order valence-electron chi connectivity index (χ0n) is 22.1. The van der Waals surface area contributed by atoms with Gasteiger partial charge in [-0.2, -0.15) is 0 Å². The van der Waals surface area contributed by atoms with Gasteiger partial charge < -0.3 is 15.3 Å². The van der Waals surface area contributed by atoms with Crippen LogP contribution in [0.1, 0.15) is 58.5 Å². The number of alkyl halides is 2. The molecule has 1 aliphatic carbocycles. The van der Waals surface area contributed by atoms with Gasteiger partial charge in [0.15, 0.2) is 6.10 Å². The lowest BCUT2D eigenvalue weighted by molar-refractivity contribution is -0.124. The highest BCUT2D eigenvalue weighted by Gasteiger charge is 2.44. The smallest absolute Gasteiger partial charge is 0.282 e. The van der Waals surface area contributed by atoms with Gasteiger partial charge in [-0.15, -0.1) is 20.4 Å². The predicted molar refractivity (Wildman–Crippen MR) is 153 cm³/mol. The number of aliphatic hydroxyl groups is 1. The summed E-state index contributed by atoms with van der Waals surface area (Å²) in [7, 11) is 0. The summed E-state index contributed by atoms with van der Waals surface area (Å²) in [6.07, 6.45) is 1.20. The number of nitrogens with one attached hydrogen (secondary N) is 2. The van der Waals surface area contributed by atoms with Gasteiger partial charge in [0.1, 0.15) is 15.8 Å². The molecule has 0 unspecified atom stereocenters. The molecule has 1 saturated carbocycles. The summed E-state index contributed by atoms with van der Waals surface area (Å²) in [5, 5.41) is 34.8. The molecule has 3 atom stereocenters. The summed E-state index contributed by atoms with van der Waals surface area (Å²) in [5.74, 6) is -2.87. The van der Waals surface area contributed by atoms with Gasteiger partial charge in [0.05, 0.1) is 25.2 Å². The van der Waals surface area contributed by atoms with Crippen molar-refractivity contribution >= 4 is 50.6 Å². The van der Waals surface area contributed by atoms with E-state index in [2.05, 4.69) is 36.0 Å². The molecule has 4 heterocycles. The third-order valence-electron chi connectivity index (χ3n) is 7.15. The van der Waals surface area contributed by atoms with E-state index in [1.54, 1.807) is 42.5 Å². The van der Waals surface area contributed by atoms with Gasteiger partial charge in [-0.3, -0.25) is 14.9 Å². The molecule has 6 rings (SSSR count). The standard InChI is InChI=1S/C27H26F2N8O3S2/c28-27(29)13-37(14-27)19-8-4-7-18(30-19)12-20(38)31-25-35-33-23(41-25)16-9-10-17(11-16)24-34-36-26(42-24)32-22(40)21(39)15-5-2-1-3-6-15/h1-8,16-17,21,39H,9-14H2,(H,31,35,38)(H,32,36,40)/t16-,17-,21+/m0/s1. The number of amides is 2. The first-order valence-corrected chi connectivity index (χ1v) is 14.9. The number of hydrogen-bond acceptors (Lipinski definition) is 11. The van der Waals surface area contributed by atoms with Crippen molar-refractivity contribution in [3.63, 3.8) is 0 Å². The Morgan fingerprint density at radius 2 is 1.57 bits per heavy atom. The van der Waals surface area contributed by atoms with Crippen LogP contribution in [0.2, 0.25) is 0 Å². The monoisotopic (exact) mass is 612 g/mol. The van der Waals surface area contributed by atoms with Gasteiger partial charge in [0.2, 0.25) is 16.2 Å². The van der Waals surface area contributed by atoms with Gasteiger partial charge in [-0.1, -0.05) is 59.1 Å². The van der Waals surface area contributed by atoms with Crippen LogP contribution in [-0.4, -0.2) is 61.3 Å². The van der Waals surface area contributed by atoms with Crippen LogP contribution in [0.15, 0.2) is 48.5 Å². The van der Waals surface area contributed by atoms with Crippen molar-refractivity contribution in [1.82, 2.24) is 25.4 Å². The van der Waals surface area contributed by atoms with Crippen LogP contribution in [0.5, 0.6) is 0 Å². The Hall–Kier alpha value is -3.95. The molecule has 2 amide bonds. The molecule has 3 aromatic heterocycles. The first kappa shape index (κ1) is 28.2. The van der Waals surface area contributed by atoms with E-state index in [0.29, 0.717) is 27.3 Å². The lowest BCUT2D eigenvalue weighted by Crippen LogP contribution is -2.56. The van der Waals surface area contributed by atoms with Crippen LogP contribution >= 0.6 is 22.7 Å². The van der Waals surface area contributed by atoms with E-state index in [0.717, 1.165) is 29.3 Å². The maximum atomic E-state index is 13.2. The number of anilines is 3. The number of aliphatic hydroxyl groups excluding tert-OH is 1. The van der Waals surface area contributed by atoms with Gasteiger partial charge in [-0.05, 0) is 37.0 Å².